The highest BCUT2D eigenvalue weighted by molar-refractivity contribution is 7.79. The fraction of sp³-hybridized carbons (Fsp3) is 0.864. The molecule has 0 spiro atoms. The summed E-state index contributed by atoms with van der Waals surface area (Å²) in [6.45, 7) is 4.89. The van der Waals surface area contributed by atoms with Crippen LogP contribution >= 0.6 is 0 Å². The van der Waals surface area contributed by atoms with Crippen molar-refractivity contribution in [1.82, 2.24) is 0 Å². The van der Waals surface area contributed by atoms with Crippen LogP contribution in [0.4, 0.5) is 0 Å². The smallest absolute Gasteiger partial charge is 0.394 e. The second-order valence-electron chi connectivity index (χ2n) is 7.54. The molecule has 7 nitrogen and oxygen atoms in total. The number of hydrogen-bond acceptors (Lipinski definition) is 5. The number of allylic oxidation sites excluding steroid dienone is 1. The third kappa shape index (κ3) is 34.5. The summed E-state index contributed by atoms with van der Waals surface area (Å²) in [6.07, 6.45) is 20.2. The van der Waals surface area contributed by atoms with Crippen molar-refractivity contribution in [1.29, 1.82) is 0 Å². The summed E-state index contributed by atoms with van der Waals surface area (Å²) >= 11 is 0. The van der Waals surface area contributed by atoms with E-state index in [4.69, 9.17) is 22.3 Å². The lowest BCUT2D eigenvalue weighted by Crippen LogP contribution is -2.05. The molecule has 0 amide bonds. The summed E-state index contributed by atoms with van der Waals surface area (Å²) in [6, 6.07) is 0. The Morgan fingerprint density at radius 3 is 2.07 bits per heavy atom. The number of aliphatic hydroxyl groups excluding tert-OH is 1. The largest absolute Gasteiger partial charge is 0.466 e. The Hall–Kier alpha value is -0.960. The van der Waals surface area contributed by atoms with E-state index >= 15 is 0 Å². The van der Waals surface area contributed by atoms with Crippen LogP contribution in [0.2, 0.25) is 0 Å². The van der Waals surface area contributed by atoms with E-state index in [9.17, 15) is 9.90 Å². The Morgan fingerprint density at radius 2 is 1.43 bits per heavy atom. The van der Waals surface area contributed by atoms with Gasteiger partial charge in [0.1, 0.15) is 0 Å². The van der Waals surface area contributed by atoms with Crippen LogP contribution in [0.3, 0.4) is 0 Å². The predicted molar refractivity (Wildman–Crippen MR) is 121 cm³/mol. The summed E-state index contributed by atoms with van der Waals surface area (Å²) < 4.78 is 36.7. The fourth-order valence-electron chi connectivity index (χ4n) is 2.76. The molecule has 0 aliphatic rings. The molecule has 0 aromatic carbocycles. The van der Waals surface area contributed by atoms with Gasteiger partial charge < -0.3 is 9.84 Å². The molecule has 0 aromatic rings. The molecule has 1 atom stereocenters. The summed E-state index contributed by atoms with van der Waals surface area (Å²) in [5, 5.41) is 9.87. The molecule has 0 rings (SSSR count). The summed E-state index contributed by atoms with van der Waals surface area (Å²) in [5.74, 6) is -0.0374. The quantitative estimate of drug-likeness (QED) is 0.106. The third-order valence-electron chi connectivity index (χ3n) is 4.48. The fourth-order valence-corrected chi connectivity index (χ4v) is 2.76. The molecular formula is C22H44O7S. The number of esters is 1. The van der Waals surface area contributed by atoms with Crippen molar-refractivity contribution < 1.29 is 32.2 Å². The maximum absolute atomic E-state index is 11.4. The Morgan fingerprint density at radius 1 is 0.867 bits per heavy atom. The van der Waals surface area contributed by atoms with E-state index in [0.29, 0.717) is 13.0 Å². The molecule has 0 aromatic heterocycles. The van der Waals surface area contributed by atoms with Gasteiger partial charge in [0.25, 0.3) is 0 Å². The van der Waals surface area contributed by atoms with Crippen LogP contribution in [0, 0.1) is 0 Å². The van der Waals surface area contributed by atoms with Crippen LogP contribution in [0.1, 0.15) is 110 Å². The molecule has 3 N–H and O–H groups in total. The van der Waals surface area contributed by atoms with Crippen LogP contribution < -0.4 is 0 Å². The van der Waals surface area contributed by atoms with Gasteiger partial charge in [0.2, 0.25) is 0 Å². The van der Waals surface area contributed by atoms with E-state index in [1.807, 2.05) is 0 Å². The van der Waals surface area contributed by atoms with Crippen molar-refractivity contribution >= 4 is 16.4 Å². The van der Waals surface area contributed by atoms with Crippen LogP contribution in [0.25, 0.3) is 0 Å². The zero-order valence-corrected chi connectivity index (χ0v) is 19.7. The summed E-state index contributed by atoms with van der Waals surface area (Å²) in [5.41, 5.74) is 0. The van der Waals surface area contributed by atoms with Gasteiger partial charge in [-0.1, -0.05) is 77.4 Å². The van der Waals surface area contributed by atoms with Gasteiger partial charge in [-0.15, -0.1) is 0 Å². The summed E-state index contributed by atoms with van der Waals surface area (Å²) in [7, 11) is -4.67. The number of aliphatic hydroxyl groups is 1. The first-order valence-corrected chi connectivity index (χ1v) is 12.8. The zero-order chi connectivity index (χ0) is 23.1. The highest BCUT2D eigenvalue weighted by atomic mass is 32.3. The van der Waals surface area contributed by atoms with Gasteiger partial charge in [0.05, 0.1) is 12.7 Å². The number of carbonyl (C=O) groups excluding carboxylic acids is 1. The first-order chi connectivity index (χ1) is 14.2. The van der Waals surface area contributed by atoms with E-state index in [2.05, 4.69) is 26.0 Å². The molecule has 0 radical (unpaired) electrons. The monoisotopic (exact) mass is 452 g/mol. The average Bonchev–Trinajstić information content (AvgIpc) is 2.65. The maximum atomic E-state index is 11.4. The van der Waals surface area contributed by atoms with Crippen molar-refractivity contribution in [3.8, 4) is 0 Å². The van der Waals surface area contributed by atoms with E-state index < -0.39 is 10.4 Å². The van der Waals surface area contributed by atoms with E-state index in [-0.39, 0.29) is 12.1 Å². The number of ether oxygens (including phenoxy) is 1. The van der Waals surface area contributed by atoms with Crippen molar-refractivity contribution in [2.75, 3.05) is 6.61 Å². The Kier molecular flexibility index (Phi) is 23.6. The van der Waals surface area contributed by atoms with Gasteiger partial charge in [-0.2, -0.15) is 8.42 Å². The minimum atomic E-state index is -4.67. The SMILES string of the molecule is CCCCCC[C@@H](O)C/C=C\CCCCCCCC(=O)OCCCC.O=S(=O)(O)O. The molecule has 0 aliphatic carbocycles. The molecule has 0 aliphatic heterocycles. The molecule has 0 heterocycles. The zero-order valence-electron chi connectivity index (χ0n) is 18.9. The first-order valence-electron chi connectivity index (χ1n) is 11.4. The normalized spacial score (nSPS) is 12.4. The molecule has 8 heteroatoms. The first kappa shape index (κ1) is 31.2. The van der Waals surface area contributed by atoms with Gasteiger partial charge in [0.15, 0.2) is 0 Å². The van der Waals surface area contributed by atoms with Gasteiger partial charge in [-0.05, 0) is 38.5 Å². The highest BCUT2D eigenvalue weighted by Crippen LogP contribution is 2.10. The third-order valence-corrected chi connectivity index (χ3v) is 4.48. The van der Waals surface area contributed by atoms with Crippen molar-refractivity contribution in [3.05, 3.63) is 12.2 Å². The van der Waals surface area contributed by atoms with Gasteiger partial charge in [-0.25, -0.2) is 0 Å². The predicted octanol–water partition coefficient (Wildman–Crippen LogP) is 5.69. The molecule has 30 heavy (non-hydrogen) atoms. The minimum Gasteiger partial charge on any atom is -0.466 e. The van der Waals surface area contributed by atoms with Gasteiger partial charge in [0, 0.05) is 6.42 Å². The molecule has 0 bridgehead atoms. The highest BCUT2D eigenvalue weighted by Gasteiger charge is 2.02. The standard InChI is InChI=1S/C22H42O3.H2O4S/c1-3-5-7-14-17-21(23)18-15-12-10-8-9-11-13-16-19-22(24)25-20-6-4-2;1-5(2,3)4/h12,15,21,23H,3-11,13-14,16-20H2,1-2H3;(H2,1,2,3,4)/b15-12-;/t21-;/m1./s1. The Balaban J connectivity index is 0. The van der Waals surface area contributed by atoms with Crippen LogP contribution in [-0.2, 0) is 19.9 Å². The maximum Gasteiger partial charge on any atom is 0.394 e. The van der Waals surface area contributed by atoms with Crippen LogP contribution in [0.5, 0.6) is 0 Å². The Labute approximate surface area is 183 Å². The molecule has 180 valence electrons. The average molecular weight is 453 g/mol. The van der Waals surface area contributed by atoms with Crippen LogP contribution in [-0.4, -0.2) is 41.3 Å². The lowest BCUT2D eigenvalue weighted by atomic mass is 10.1. The molecule has 0 saturated heterocycles. The second kappa shape index (κ2) is 22.7. The van der Waals surface area contributed by atoms with Crippen molar-refractivity contribution in [2.45, 2.75) is 116 Å². The van der Waals surface area contributed by atoms with Crippen LogP contribution in [0.15, 0.2) is 12.2 Å². The van der Waals surface area contributed by atoms with Crippen molar-refractivity contribution in [3.63, 3.8) is 0 Å². The Bertz CT molecular complexity index is 496. The van der Waals surface area contributed by atoms with E-state index in [1.165, 1.54) is 38.5 Å². The summed E-state index contributed by atoms with van der Waals surface area (Å²) in [4.78, 5) is 11.4. The number of carbonyl (C=O) groups is 1. The molecular weight excluding hydrogens is 408 g/mol. The lowest BCUT2D eigenvalue weighted by molar-refractivity contribution is -0.143. The number of hydrogen-bond donors (Lipinski definition) is 3. The molecule has 0 saturated carbocycles. The number of unbranched alkanes of at least 4 members (excludes halogenated alkanes) is 9. The number of rotatable bonds is 18. The minimum absolute atomic E-state index is 0.0374. The molecule has 0 unspecified atom stereocenters. The molecule has 0 fully saturated rings. The lowest BCUT2D eigenvalue weighted by Gasteiger charge is -2.07. The van der Waals surface area contributed by atoms with Gasteiger partial charge >= 0.3 is 16.4 Å². The second-order valence-corrected chi connectivity index (χ2v) is 8.43. The van der Waals surface area contributed by atoms with E-state index in [1.54, 1.807) is 0 Å². The van der Waals surface area contributed by atoms with E-state index in [0.717, 1.165) is 51.4 Å². The van der Waals surface area contributed by atoms with Gasteiger partial charge in [-0.3, -0.25) is 13.9 Å². The van der Waals surface area contributed by atoms with Crippen molar-refractivity contribution in [2.24, 2.45) is 0 Å². The topological polar surface area (TPSA) is 121 Å².